The van der Waals surface area contributed by atoms with Crippen molar-refractivity contribution >= 4 is 23.7 Å². The summed E-state index contributed by atoms with van der Waals surface area (Å²) in [5, 5.41) is 18.8. The zero-order chi connectivity index (χ0) is 14.9. The first-order chi connectivity index (χ1) is 9.52. The Labute approximate surface area is 120 Å². The predicted octanol–water partition coefficient (Wildman–Crippen LogP) is 3.48. The summed E-state index contributed by atoms with van der Waals surface area (Å²) in [5.74, 6) is 0. The standard InChI is InChI=1S/C17H19BO2/c1-5-8-14-11(3)17-15(12(4)18(19)20)9-7-10-16(17)13(14)6-2/h6-10,19-20H,3-5H2,1-2H3/b13-6+,14-8-. The van der Waals surface area contributed by atoms with Gasteiger partial charge >= 0.3 is 7.12 Å². The molecule has 0 spiro atoms. The van der Waals surface area contributed by atoms with Crippen LogP contribution >= 0.6 is 0 Å². The molecule has 20 heavy (non-hydrogen) atoms. The van der Waals surface area contributed by atoms with Gasteiger partial charge in [0, 0.05) is 0 Å². The van der Waals surface area contributed by atoms with E-state index in [0.717, 1.165) is 39.8 Å². The van der Waals surface area contributed by atoms with Gasteiger partial charge in [0.05, 0.1) is 0 Å². The van der Waals surface area contributed by atoms with Gasteiger partial charge in [-0.15, -0.1) is 0 Å². The van der Waals surface area contributed by atoms with Gasteiger partial charge in [-0.2, -0.15) is 0 Å². The maximum Gasteiger partial charge on any atom is 0.488 e. The number of benzene rings is 1. The molecule has 0 heterocycles. The Morgan fingerprint density at radius 3 is 2.55 bits per heavy atom. The van der Waals surface area contributed by atoms with Gasteiger partial charge in [0.25, 0.3) is 0 Å². The molecule has 0 unspecified atom stereocenters. The molecule has 0 bridgehead atoms. The molecule has 0 aliphatic heterocycles. The average Bonchev–Trinajstić information content (AvgIpc) is 2.71. The molecule has 0 fully saturated rings. The van der Waals surface area contributed by atoms with Gasteiger partial charge in [-0.05, 0) is 52.2 Å². The van der Waals surface area contributed by atoms with Gasteiger partial charge < -0.3 is 10.0 Å². The molecule has 0 amide bonds. The van der Waals surface area contributed by atoms with Gasteiger partial charge in [-0.1, -0.05) is 50.4 Å². The second-order valence-corrected chi connectivity index (χ2v) is 4.83. The lowest BCUT2D eigenvalue weighted by Gasteiger charge is -2.11. The van der Waals surface area contributed by atoms with E-state index < -0.39 is 7.12 Å². The molecule has 1 aromatic carbocycles. The molecule has 0 saturated carbocycles. The Morgan fingerprint density at radius 1 is 1.30 bits per heavy atom. The number of fused-ring (bicyclic) bond motifs is 1. The summed E-state index contributed by atoms with van der Waals surface area (Å²) >= 11 is 0. The molecule has 0 atom stereocenters. The fourth-order valence-corrected chi connectivity index (χ4v) is 2.70. The van der Waals surface area contributed by atoms with Gasteiger partial charge in [-0.3, -0.25) is 0 Å². The molecule has 3 heteroatoms. The number of allylic oxidation sites excluding steroid dienone is 5. The van der Waals surface area contributed by atoms with E-state index in [4.69, 9.17) is 0 Å². The van der Waals surface area contributed by atoms with Crippen LogP contribution in [-0.2, 0) is 0 Å². The van der Waals surface area contributed by atoms with Crippen LogP contribution in [0.3, 0.4) is 0 Å². The highest BCUT2D eigenvalue weighted by Gasteiger charge is 2.29. The molecule has 0 radical (unpaired) electrons. The molecule has 1 aliphatic rings. The van der Waals surface area contributed by atoms with Crippen LogP contribution in [0.2, 0.25) is 0 Å². The highest BCUT2D eigenvalue weighted by molar-refractivity contribution is 6.65. The number of rotatable bonds is 3. The largest absolute Gasteiger partial charge is 0.488 e. The zero-order valence-corrected chi connectivity index (χ0v) is 12.0. The SMILES string of the molecule is C=C(B(O)O)c1cccc2c1C(=C)C(=C/CC)/C2=C\C. The molecule has 2 N–H and O–H groups in total. The first-order valence-electron chi connectivity index (χ1n) is 6.78. The summed E-state index contributed by atoms with van der Waals surface area (Å²) < 4.78 is 0. The Balaban J connectivity index is 2.70. The minimum Gasteiger partial charge on any atom is -0.423 e. The summed E-state index contributed by atoms with van der Waals surface area (Å²) in [7, 11) is -1.55. The summed E-state index contributed by atoms with van der Waals surface area (Å²) in [5.41, 5.74) is 6.28. The third-order valence-corrected chi connectivity index (χ3v) is 3.63. The van der Waals surface area contributed by atoms with E-state index >= 15 is 0 Å². The van der Waals surface area contributed by atoms with Gasteiger partial charge in [-0.25, -0.2) is 0 Å². The first-order valence-corrected chi connectivity index (χ1v) is 6.78. The van der Waals surface area contributed by atoms with Crippen molar-refractivity contribution in [2.45, 2.75) is 20.3 Å². The van der Waals surface area contributed by atoms with Crippen molar-refractivity contribution in [3.63, 3.8) is 0 Å². The van der Waals surface area contributed by atoms with E-state index in [1.165, 1.54) is 0 Å². The van der Waals surface area contributed by atoms with Crippen LogP contribution in [0.4, 0.5) is 0 Å². The lowest BCUT2D eigenvalue weighted by Crippen LogP contribution is -2.14. The first kappa shape index (κ1) is 14.6. The van der Waals surface area contributed by atoms with Crippen LogP contribution in [0, 0.1) is 0 Å². The fraction of sp³-hybridized carbons (Fsp3) is 0.176. The molecule has 102 valence electrons. The topological polar surface area (TPSA) is 40.5 Å². The van der Waals surface area contributed by atoms with Crippen molar-refractivity contribution in [3.05, 3.63) is 65.8 Å². The van der Waals surface area contributed by atoms with E-state index in [9.17, 15) is 10.0 Å². The fourth-order valence-electron chi connectivity index (χ4n) is 2.70. The monoisotopic (exact) mass is 266 g/mol. The molecule has 0 saturated heterocycles. The van der Waals surface area contributed by atoms with Crippen molar-refractivity contribution in [2.75, 3.05) is 0 Å². The number of hydrogen-bond acceptors (Lipinski definition) is 2. The molecular formula is C17H19BO2. The van der Waals surface area contributed by atoms with Gasteiger partial charge in [0.15, 0.2) is 0 Å². The molecule has 1 aliphatic carbocycles. The van der Waals surface area contributed by atoms with Crippen LogP contribution in [0.5, 0.6) is 0 Å². The lowest BCUT2D eigenvalue weighted by molar-refractivity contribution is 0.427. The highest BCUT2D eigenvalue weighted by atomic mass is 16.4. The third kappa shape index (κ3) is 2.19. The van der Waals surface area contributed by atoms with Crippen LogP contribution < -0.4 is 0 Å². The normalized spacial score (nSPS) is 17.7. The Hall–Kier alpha value is -1.84. The predicted molar refractivity (Wildman–Crippen MR) is 86.7 cm³/mol. The minimum atomic E-state index is -1.55. The zero-order valence-electron chi connectivity index (χ0n) is 12.0. The third-order valence-electron chi connectivity index (χ3n) is 3.63. The van der Waals surface area contributed by atoms with Gasteiger partial charge in [0.2, 0.25) is 0 Å². The van der Waals surface area contributed by atoms with Crippen molar-refractivity contribution in [2.24, 2.45) is 0 Å². The smallest absolute Gasteiger partial charge is 0.423 e. The molecule has 0 aromatic heterocycles. The summed E-state index contributed by atoms with van der Waals surface area (Å²) in [6.07, 6.45) is 5.15. The van der Waals surface area contributed by atoms with Crippen molar-refractivity contribution in [1.29, 1.82) is 0 Å². The van der Waals surface area contributed by atoms with Gasteiger partial charge in [0.1, 0.15) is 0 Å². The van der Waals surface area contributed by atoms with E-state index in [2.05, 4.69) is 32.2 Å². The van der Waals surface area contributed by atoms with Crippen LogP contribution in [0.15, 0.2) is 49.1 Å². The van der Waals surface area contributed by atoms with E-state index in [1.54, 1.807) is 0 Å². The van der Waals surface area contributed by atoms with E-state index in [1.807, 2.05) is 25.1 Å². The second-order valence-electron chi connectivity index (χ2n) is 4.83. The maximum absolute atomic E-state index is 9.38. The van der Waals surface area contributed by atoms with Crippen molar-refractivity contribution in [3.8, 4) is 0 Å². The van der Waals surface area contributed by atoms with Crippen LogP contribution in [-0.4, -0.2) is 17.2 Å². The molecule has 2 rings (SSSR count). The Morgan fingerprint density at radius 2 is 2.00 bits per heavy atom. The Kier molecular flexibility index (Phi) is 4.12. The summed E-state index contributed by atoms with van der Waals surface area (Å²) in [4.78, 5) is 0. The second kappa shape index (κ2) is 5.65. The Bertz CT molecular complexity index is 636. The quantitative estimate of drug-likeness (QED) is 0.822. The minimum absolute atomic E-state index is 0.302. The van der Waals surface area contributed by atoms with Crippen molar-refractivity contribution in [1.82, 2.24) is 0 Å². The van der Waals surface area contributed by atoms with E-state index in [-0.39, 0.29) is 0 Å². The lowest BCUT2D eigenvalue weighted by atomic mass is 9.74. The highest BCUT2D eigenvalue weighted by Crippen LogP contribution is 2.46. The van der Waals surface area contributed by atoms with Crippen LogP contribution in [0.25, 0.3) is 16.6 Å². The summed E-state index contributed by atoms with van der Waals surface area (Å²) in [6.45, 7) is 12.1. The van der Waals surface area contributed by atoms with E-state index in [0.29, 0.717) is 5.47 Å². The maximum atomic E-state index is 9.38. The summed E-state index contributed by atoms with van der Waals surface area (Å²) in [6, 6.07) is 5.80. The van der Waals surface area contributed by atoms with Crippen molar-refractivity contribution < 1.29 is 10.0 Å². The number of hydrogen-bond donors (Lipinski definition) is 2. The molecular weight excluding hydrogens is 247 g/mol. The molecule has 1 aromatic rings. The molecule has 2 nitrogen and oxygen atoms in total. The average molecular weight is 266 g/mol. The van der Waals surface area contributed by atoms with Crippen LogP contribution in [0.1, 0.15) is 37.0 Å².